The van der Waals surface area contributed by atoms with Crippen LogP contribution in [-0.4, -0.2) is 18.0 Å². The van der Waals surface area contributed by atoms with Gasteiger partial charge in [-0.2, -0.15) is 0 Å². The van der Waals surface area contributed by atoms with Crippen molar-refractivity contribution in [2.24, 2.45) is 5.73 Å². The molecule has 1 saturated heterocycles. The van der Waals surface area contributed by atoms with Crippen molar-refractivity contribution in [3.05, 3.63) is 17.5 Å². The fourth-order valence-corrected chi connectivity index (χ4v) is 2.54. The molecule has 0 bridgehead atoms. The Morgan fingerprint density at radius 3 is 2.92 bits per heavy atom. The second-order valence-electron chi connectivity index (χ2n) is 3.35. The van der Waals surface area contributed by atoms with E-state index in [2.05, 4.69) is 0 Å². The second kappa shape index (κ2) is 3.12. The molecule has 4 heteroatoms. The first-order valence-corrected chi connectivity index (χ1v) is 5.20. The molecule has 1 fully saturated rings. The topological polar surface area (TPSA) is 46.3 Å². The molecule has 1 aromatic rings. The predicted octanol–water partition coefficient (Wildman–Crippen LogP) is 1.20. The number of anilines is 1. The zero-order valence-corrected chi connectivity index (χ0v) is 8.25. The van der Waals surface area contributed by atoms with Crippen LogP contribution in [0.15, 0.2) is 17.5 Å². The average Bonchev–Trinajstić information content (AvgIpc) is 2.63. The summed E-state index contributed by atoms with van der Waals surface area (Å²) >= 11 is 1.58. The van der Waals surface area contributed by atoms with Gasteiger partial charge in [-0.05, 0) is 30.9 Å². The van der Waals surface area contributed by atoms with Crippen LogP contribution in [0.1, 0.15) is 13.3 Å². The van der Waals surface area contributed by atoms with Crippen LogP contribution in [0.5, 0.6) is 0 Å². The molecule has 1 aliphatic heterocycles. The molecule has 3 nitrogen and oxygen atoms in total. The van der Waals surface area contributed by atoms with E-state index in [1.54, 1.807) is 16.2 Å². The molecule has 1 aromatic heterocycles. The summed E-state index contributed by atoms with van der Waals surface area (Å²) in [5.41, 5.74) is 5.68. The van der Waals surface area contributed by atoms with Crippen molar-refractivity contribution in [3.63, 3.8) is 0 Å². The van der Waals surface area contributed by atoms with Crippen LogP contribution in [0.25, 0.3) is 0 Å². The third-order valence-electron chi connectivity index (χ3n) is 2.33. The van der Waals surface area contributed by atoms with Crippen LogP contribution in [0.3, 0.4) is 0 Å². The number of amides is 1. The molecule has 2 atom stereocenters. The summed E-state index contributed by atoms with van der Waals surface area (Å²) in [6.07, 6.45) is 0.761. The second-order valence-corrected chi connectivity index (χ2v) is 4.28. The molecular formula is C9H12N2OS. The van der Waals surface area contributed by atoms with Crippen LogP contribution in [0, 0.1) is 0 Å². The number of carbonyl (C=O) groups excluding carboxylic acids is 1. The summed E-state index contributed by atoms with van der Waals surface area (Å²) in [6.45, 7) is 2.03. The highest BCUT2D eigenvalue weighted by Crippen LogP contribution is 2.29. The first kappa shape index (κ1) is 8.72. The maximum atomic E-state index is 11.6. The summed E-state index contributed by atoms with van der Waals surface area (Å²) in [5, 5.41) is 2.98. The van der Waals surface area contributed by atoms with Crippen molar-refractivity contribution in [1.82, 2.24) is 0 Å². The van der Waals surface area contributed by atoms with Gasteiger partial charge in [0.15, 0.2) is 0 Å². The molecule has 2 heterocycles. The highest BCUT2D eigenvalue weighted by atomic mass is 32.1. The van der Waals surface area contributed by atoms with E-state index < -0.39 is 0 Å². The highest BCUT2D eigenvalue weighted by Gasteiger charge is 2.35. The van der Waals surface area contributed by atoms with Gasteiger partial charge in [0.25, 0.3) is 0 Å². The lowest BCUT2D eigenvalue weighted by molar-refractivity contribution is -0.118. The molecule has 2 rings (SSSR count). The third-order valence-corrected chi connectivity index (χ3v) is 3.20. The van der Waals surface area contributed by atoms with Crippen LogP contribution in [0.4, 0.5) is 5.00 Å². The molecule has 0 radical (unpaired) electrons. The van der Waals surface area contributed by atoms with Gasteiger partial charge in [-0.25, -0.2) is 0 Å². The third kappa shape index (κ3) is 1.36. The molecule has 0 saturated carbocycles. The molecule has 0 aliphatic carbocycles. The largest absolute Gasteiger partial charge is 0.320 e. The summed E-state index contributed by atoms with van der Waals surface area (Å²) < 4.78 is 0. The number of nitrogens with zero attached hydrogens (tertiary/aromatic N) is 1. The van der Waals surface area contributed by atoms with Crippen molar-refractivity contribution in [1.29, 1.82) is 0 Å². The molecule has 1 amide bonds. The van der Waals surface area contributed by atoms with Crippen molar-refractivity contribution in [3.8, 4) is 0 Å². The van der Waals surface area contributed by atoms with E-state index in [0.717, 1.165) is 11.4 Å². The Labute approximate surface area is 81.2 Å². The number of thiophene rings is 1. The van der Waals surface area contributed by atoms with Crippen LogP contribution in [0.2, 0.25) is 0 Å². The van der Waals surface area contributed by atoms with Gasteiger partial charge >= 0.3 is 0 Å². The Hall–Kier alpha value is -0.870. The number of nitrogens with two attached hydrogens (primary N) is 1. The molecular weight excluding hydrogens is 184 g/mol. The normalized spacial score (nSPS) is 28.5. The fraction of sp³-hybridized carbons (Fsp3) is 0.444. The molecule has 2 unspecified atom stereocenters. The van der Waals surface area contributed by atoms with E-state index >= 15 is 0 Å². The van der Waals surface area contributed by atoms with E-state index in [-0.39, 0.29) is 18.0 Å². The Morgan fingerprint density at radius 1 is 1.69 bits per heavy atom. The predicted molar refractivity (Wildman–Crippen MR) is 53.9 cm³/mol. The standard InChI is InChI=1S/C9H12N2OS/c1-6-5-7(10)9(12)11(6)8-3-2-4-13-8/h2-4,6-7H,5,10H2,1H3. The van der Waals surface area contributed by atoms with Gasteiger partial charge in [-0.1, -0.05) is 0 Å². The lowest BCUT2D eigenvalue weighted by Gasteiger charge is -2.18. The van der Waals surface area contributed by atoms with Crippen LogP contribution < -0.4 is 10.6 Å². The fourth-order valence-electron chi connectivity index (χ4n) is 1.70. The van der Waals surface area contributed by atoms with Crippen LogP contribution >= 0.6 is 11.3 Å². The minimum atomic E-state index is -0.308. The Kier molecular flexibility index (Phi) is 2.09. The van der Waals surface area contributed by atoms with E-state index in [1.165, 1.54) is 0 Å². The minimum Gasteiger partial charge on any atom is -0.320 e. The SMILES string of the molecule is CC1CC(N)C(=O)N1c1cccs1. The van der Waals surface area contributed by atoms with Gasteiger partial charge in [0, 0.05) is 6.04 Å². The van der Waals surface area contributed by atoms with Gasteiger partial charge < -0.3 is 5.73 Å². The quantitative estimate of drug-likeness (QED) is 0.733. The molecule has 70 valence electrons. The first-order valence-electron chi connectivity index (χ1n) is 4.32. The highest BCUT2D eigenvalue weighted by molar-refractivity contribution is 7.14. The van der Waals surface area contributed by atoms with Crippen molar-refractivity contribution >= 4 is 22.2 Å². The smallest absolute Gasteiger partial charge is 0.244 e. The van der Waals surface area contributed by atoms with Crippen molar-refractivity contribution in [2.45, 2.75) is 25.4 Å². The number of hydrogen-bond acceptors (Lipinski definition) is 3. The number of carbonyl (C=O) groups is 1. The lowest BCUT2D eigenvalue weighted by atomic mass is 10.2. The lowest BCUT2D eigenvalue weighted by Crippen LogP contribution is -2.35. The van der Waals surface area contributed by atoms with Gasteiger partial charge in [0.1, 0.15) is 0 Å². The van der Waals surface area contributed by atoms with Gasteiger partial charge in [0.2, 0.25) is 5.91 Å². The summed E-state index contributed by atoms with van der Waals surface area (Å²) in [6, 6.07) is 3.83. The van der Waals surface area contributed by atoms with Gasteiger partial charge in [-0.3, -0.25) is 9.69 Å². The van der Waals surface area contributed by atoms with E-state index in [1.807, 2.05) is 24.4 Å². The maximum absolute atomic E-state index is 11.6. The maximum Gasteiger partial charge on any atom is 0.244 e. The monoisotopic (exact) mass is 196 g/mol. The number of rotatable bonds is 1. The van der Waals surface area contributed by atoms with Crippen molar-refractivity contribution < 1.29 is 4.79 Å². The average molecular weight is 196 g/mol. The van der Waals surface area contributed by atoms with Gasteiger partial charge in [0.05, 0.1) is 11.0 Å². The van der Waals surface area contributed by atoms with Gasteiger partial charge in [-0.15, -0.1) is 11.3 Å². The zero-order chi connectivity index (χ0) is 9.42. The Bertz CT molecular complexity index is 309. The number of hydrogen-bond donors (Lipinski definition) is 1. The molecule has 0 aromatic carbocycles. The molecule has 2 N–H and O–H groups in total. The zero-order valence-electron chi connectivity index (χ0n) is 7.43. The minimum absolute atomic E-state index is 0.0509. The Morgan fingerprint density at radius 2 is 2.46 bits per heavy atom. The summed E-state index contributed by atoms with van der Waals surface area (Å²) in [4.78, 5) is 13.4. The molecule has 13 heavy (non-hydrogen) atoms. The Balaban J connectivity index is 2.29. The summed E-state index contributed by atoms with van der Waals surface area (Å²) in [7, 11) is 0. The van der Waals surface area contributed by atoms with E-state index in [4.69, 9.17) is 5.73 Å². The van der Waals surface area contributed by atoms with E-state index in [9.17, 15) is 4.79 Å². The molecule has 1 aliphatic rings. The first-order chi connectivity index (χ1) is 6.20. The van der Waals surface area contributed by atoms with Crippen molar-refractivity contribution in [2.75, 3.05) is 4.90 Å². The van der Waals surface area contributed by atoms with E-state index in [0.29, 0.717) is 0 Å². The summed E-state index contributed by atoms with van der Waals surface area (Å²) in [5.74, 6) is 0.0509. The van der Waals surface area contributed by atoms with Crippen LogP contribution in [-0.2, 0) is 4.79 Å². The molecule has 0 spiro atoms.